The Hall–Kier alpha value is -0.230. The van der Waals surface area contributed by atoms with Crippen molar-refractivity contribution in [3.05, 3.63) is 21.3 Å². The van der Waals surface area contributed by atoms with Gasteiger partial charge in [0.1, 0.15) is 4.88 Å². The predicted molar refractivity (Wildman–Crippen MR) is 70.7 cm³/mol. The Balaban J connectivity index is 2.14. The maximum Gasteiger partial charge on any atom is 0.262 e. The summed E-state index contributed by atoms with van der Waals surface area (Å²) in [7, 11) is 0. The summed E-state index contributed by atoms with van der Waals surface area (Å²) >= 11 is 8.90. The van der Waals surface area contributed by atoms with E-state index in [1.807, 2.05) is 0 Å². The Kier molecular flexibility index (Phi) is 6.87. The highest BCUT2D eigenvalue weighted by Gasteiger charge is 2.10. The van der Waals surface area contributed by atoms with Gasteiger partial charge in [-0.3, -0.25) is 4.79 Å². The van der Waals surface area contributed by atoms with Gasteiger partial charge in [-0.1, -0.05) is 11.6 Å². The number of aliphatic hydroxyl groups is 1. The monoisotopic (exact) mass is 279 g/mol. The van der Waals surface area contributed by atoms with E-state index in [-0.39, 0.29) is 12.5 Å². The summed E-state index contributed by atoms with van der Waals surface area (Å²) in [5.74, 6) is 1.67. The molecule has 0 aliphatic carbocycles. The van der Waals surface area contributed by atoms with E-state index >= 15 is 0 Å². The van der Waals surface area contributed by atoms with Crippen LogP contribution in [0.4, 0.5) is 0 Å². The van der Waals surface area contributed by atoms with Crippen LogP contribution in [0.15, 0.2) is 11.4 Å². The number of nitrogens with one attached hydrogen (secondary N) is 1. The Morgan fingerprint density at radius 3 is 3.00 bits per heavy atom. The molecule has 1 aromatic rings. The number of rotatable bonds is 7. The van der Waals surface area contributed by atoms with Gasteiger partial charge in [-0.05, 0) is 23.6 Å². The largest absolute Gasteiger partial charge is 0.396 e. The van der Waals surface area contributed by atoms with Crippen molar-refractivity contribution in [2.75, 3.05) is 24.7 Å². The number of carbonyl (C=O) groups is 1. The van der Waals surface area contributed by atoms with Crippen molar-refractivity contribution in [3.8, 4) is 0 Å². The average Bonchev–Trinajstić information content (AvgIpc) is 2.69. The quantitative estimate of drug-likeness (QED) is 0.753. The summed E-state index contributed by atoms with van der Waals surface area (Å²) in [5, 5.41) is 13.7. The van der Waals surface area contributed by atoms with Gasteiger partial charge in [0.25, 0.3) is 5.91 Å². The molecule has 0 radical (unpaired) electrons. The van der Waals surface area contributed by atoms with Gasteiger partial charge in [-0.25, -0.2) is 0 Å². The molecule has 1 amide bonds. The zero-order valence-corrected chi connectivity index (χ0v) is 11.1. The lowest BCUT2D eigenvalue weighted by Crippen LogP contribution is -2.25. The summed E-state index contributed by atoms with van der Waals surface area (Å²) in [6, 6.07) is 1.72. The van der Waals surface area contributed by atoms with E-state index in [9.17, 15) is 4.79 Å². The number of hydrogen-bond donors (Lipinski definition) is 2. The highest BCUT2D eigenvalue weighted by atomic mass is 35.5. The van der Waals surface area contributed by atoms with Crippen LogP contribution in [0.25, 0.3) is 0 Å². The Morgan fingerprint density at radius 1 is 1.56 bits per heavy atom. The first-order valence-corrected chi connectivity index (χ1v) is 7.36. The van der Waals surface area contributed by atoms with Gasteiger partial charge in [-0.15, -0.1) is 11.3 Å². The van der Waals surface area contributed by atoms with E-state index in [1.54, 1.807) is 23.2 Å². The van der Waals surface area contributed by atoms with Crippen LogP contribution in [-0.2, 0) is 0 Å². The lowest BCUT2D eigenvalue weighted by molar-refractivity contribution is 0.0960. The predicted octanol–water partition coefficient (Wildman–Crippen LogP) is 2.25. The van der Waals surface area contributed by atoms with Crippen molar-refractivity contribution < 1.29 is 9.90 Å². The van der Waals surface area contributed by atoms with Gasteiger partial charge in [0.05, 0.1) is 5.02 Å². The molecule has 6 heteroatoms. The van der Waals surface area contributed by atoms with Gasteiger partial charge in [-0.2, -0.15) is 11.8 Å². The lowest BCUT2D eigenvalue weighted by Gasteiger charge is -2.03. The molecular weight excluding hydrogens is 266 g/mol. The van der Waals surface area contributed by atoms with E-state index in [4.69, 9.17) is 16.7 Å². The van der Waals surface area contributed by atoms with Gasteiger partial charge in [0, 0.05) is 18.9 Å². The van der Waals surface area contributed by atoms with Crippen molar-refractivity contribution in [1.29, 1.82) is 0 Å². The standard InChI is InChI=1S/C10H14ClNO2S2/c11-8-2-6-16-9(8)10(14)12-3-7-15-5-1-4-13/h2,6,13H,1,3-5,7H2,(H,12,14). The Bertz CT molecular complexity index is 330. The topological polar surface area (TPSA) is 49.3 Å². The van der Waals surface area contributed by atoms with Crippen LogP contribution in [0.3, 0.4) is 0 Å². The molecule has 0 spiro atoms. The third kappa shape index (κ3) is 4.74. The first kappa shape index (κ1) is 13.8. The molecule has 2 N–H and O–H groups in total. The van der Waals surface area contributed by atoms with Crippen LogP contribution in [0.5, 0.6) is 0 Å². The summed E-state index contributed by atoms with van der Waals surface area (Å²) in [6.07, 6.45) is 0.801. The molecule has 0 unspecified atom stereocenters. The normalized spacial score (nSPS) is 10.4. The summed E-state index contributed by atoms with van der Waals surface area (Å²) in [5.41, 5.74) is 0. The van der Waals surface area contributed by atoms with E-state index in [2.05, 4.69) is 5.32 Å². The maximum absolute atomic E-state index is 11.6. The van der Waals surface area contributed by atoms with Gasteiger partial charge >= 0.3 is 0 Å². The molecular formula is C10H14ClNO2S2. The average molecular weight is 280 g/mol. The molecule has 0 aliphatic rings. The molecule has 1 aromatic heterocycles. The molecule has 0 saturated carbocycles. The number of thioether (sulfide) groups is 1. The first-order chi connectivity index (χ1) is 7.75. The maximum atomic E-state index is 11.6. The highest BCUT2D eigenvalue weighted by molar-refractivity contribution is 7.99. The number of thiophene rings is 1. The number of halogens is 1. The van der Waals surface area contributed by atoms with E-state index < -0.39 is 0 Å². The number of hydrogen-bond acceptors (Lipinski definition) is 4. The van der Waals surface area contributed by atoms with Gasteiger partial charge in [0.2, 0.25) is 0 Å². The van der Waals surface area contributed by atoms with Gasteiger partial charge in [0.15, 0.2) is 0 Å². The molecule has 0 saturated heterocycles. The lowest BCUT2D eigenvalue weighted by atomic mass is 10.4. The second-order valence-electron chi connectivity index (χ2n) is 3.04. The summed E-state index contributed by atoms with van der Waals surface area (Å²) in [6.45, 7) is 0.854. The van der Waals surface area contributed by atoms with Crippen molar-refractivity contribution in [2.45, 2.75) is 6.42 Å². The minimum Gasteiger partial charge on any atom is -0.396 e. The second-order valence-corrected chi connectivity index (χ2v) is 5.59. The van der Waals surface area contributed by atoms with Crippen LogP contribution in [0.1, 0.15) is 16.1 Å². The van der Waals surface area contributed by atoms with Crippen molar-refractivity contribution >= 4 is 40.6 Å². The smallest absolute Gasteiger partial charge is 0.262 e. The zero-order chi connectivity index (χ0) is 11.8. The minimum atomic E-state index is -0.109. The molecule has 3 nitrogen and oxygen atoms in total. The van der Waals surface area contributed by atoms with Gasteiger partial charge < -0.3 is 10.4 Å². The van der Waals surface area contributed by atoms with Crippen molar-refractivity contribution in [3.63, 3.8) is 0 Å². The van der Waals surface area contributed by atoms with E-state index in [0.717, 1.165) is 17.9 Å². The minimum absolute atomic E-state index is 0.109. The van der Waals surface area contributed by atoms with E-state index in [0.29, 0.717) is 16.4 Å². The number of carbonyl (C=O) groups excluding carboxylic acids is 1. The van der Waals surface area contributed by atoms with Crippen LogP contribution in [0.2, 0.25) is 5.02 Å². The van der Waals surface area contributed by atoms with Crippen LogP contribution in [-0.4, -0.2) is 35.7 Å². The third-order valence-corrected chi connectivity index (χ3v) is 4.21. The zero-order valence-electron chi connectivity index (χ0n) is 8.74. The third-order valence-electron chi connectivity index (χ3n) is 1.80. The van der Waals surface area contributed by atoms with Crippen LogP contribution in [0, 0.1) is 0 Å². The summed E-state index contributed by atoms with van der Waals surface area (Å²) in [4.78, 5) is 12.2. The molecule has 1 heterocycles. The SMILES string of the molecule is O=C(NCCSCCCO)c1sccc1Cl. The fourth-order valence-electron chi connectivity index (χ4n) is 1.04. The molecule has 16 heavy (non-hydrogen) atoms. The molecule has 0 aliphatic heterocycles. The molecule has 0 aromatic carbocycles. The molecule has 0 atom stereocenters. The van der Waals surface area contributed by atoms with Crippen LogP contribution >= 0.6 is 34.7 Å². The van der Waals surface area contributed by atoms with Crippen molar-refractivity contribution in [1.82, 2.24) is 5.32 Å². The Morgan fingerprint density at radius 2 is 2.38 bits per heavy atom. The van der Waals surface area contributed by atoms with Crippen molar-refractivity contribution in [2.24, 2.45) is 0 Å². The number of amides is 1. The molecule has 0 bridgehead atoms. The number of aliphatic hydroxyl groups excluding tert-OH is 1. The molecule has 90 valence electrons. The molecule has 0 fully saturated rings. The highest BCUT2D eigenvalue weighted by Crippen LogP contribution is 2.21. The molecule has 1 rings (SSSR count). The van der Waals surface area contributed by atoms with E-state index in [1.165, 1.54) is 11.3 Å². The fraction of sp³-hybridized carbons (Fsp3) is 0.500. The second kappa shape index (κ2) is 7.95. The first-order valence-electron chi connectivity index (χ1n) is 4.95. The summed E-state index contributed by atoms with van der Waals surface area (Å²) < 4.78 is 0. The van der Waals surface area contributed by atoms with Crippen LogP contribution < -0.4 is 5.32 Å². The Labute approximate surface area is 108 Å². The fourth-order valence-corrected chi connectivity index (χ4v) is 2.88.